The summed E-state index contributed by atoms with van der Waals surface area (Å²) in [6.45, 7) is 6.22. The first-order valence-corrected chi connectivity index (χ1v) is 13.3. The van der Waals surface area contributed by atoms with E-state index in [0.717, 1.165) is 34.8 Å². The van der Waals surface area contributed by atoms with E-state index < -0.39 is 0 Å². The summed E-state index contributed by atoms with van der Waals surface area (Å²) in [5.74, 6) is 1.11. The van der Waals surface area contributed by atoms with Crippen LogP contribution in [0.15, 0.2) is 103 Å². The summed E-state index contributed by atoms with van der Waals surface area (Å²) in [5.41, 5.74) is 11.1. The van der Waals surface area contributed by atoms with Gasteiger partial charge in [-0.05, 0) is 89.1 Å². The maximum Gasteiger partial charge on any atom is 0.136 e. The van der Waals surface area contributed by atoms with Gasteiger partial charge in [0.1, 0.15) is 5.82 Å². The normalized spacial score (nSPS) is 14.7. The molecule has 0 amide bonds. The Morgan fingerprint density at radius 2 is 1.26 bits per heavy atom. The Kier molecular flexibility index (Phi) is 6.39. The third kappa shape index (κ3) is 4.67. The summed E-state index contributed by atoms with van der Waals surface area (Å²) in [6, 6.07) is 31.7. The molecule has 0 radical (unpaired) electrons. The van der Waals surface area contributed by atoms with E-state index >= 15 is 0 Å². The second-order valence-corrected chi connectivity index (χ2v) is 10.2. The zero-order valence-corrected chi connectivity index (χ0v) is 22.4. The molecule has 0 saturated carbocycles. The van der Waals surface area contributed by atoms with E-state index in [1.54, 1.807) is 0 Å². The molecule has 1 aliphatic carbocycles. The molecule has 1 heterocycles. The summed E-state index contributed by atoms with van der Waals surface area (Å²) < 4.78 is 0. The molecule has 188 valence electrons. The number of allylic oxidation sites excluding steroid dienone is 4. The predicted molar refractivity (Wildman–Crippen MR) is 160 cm³/mol. The van der Waals surface area contributed by atoms with E-state index in [1.165, 1.54) is 38.6 Å². The minimum Gasteiger partial charge on any atom is -0.237 e. The molecule has 3 heteroatoms. The first-order chi connectivity index (χ1) is 19.0. The van der Waals surface area contributed by atoms with Crippen LogP contribution in [-0.2, 0) is 0 Å². The maximum atomic E-state index is 9.07. The zero-order chi connectivity index (χ0) is 26.9. The van der Waals surface area contributed by atoms with E-state index in [9.17, 15) is 0 Å². The number of hydrogen-bond acceptors (Lipinski definition) is 3. The molecule has 1 unspecified atom stereocenters. The number of aromatic nitrogens is 2. The third-order valence-electron chi connectivity index (χ3n) is 7.86. The van der Waals surface area contributed by atoms with Crippen LogP contribution in [-0.4, -0.2) is 9.97 Å². The Labute approximate surface area is 229 Å². The van der Waals surface area contributed by atoms with Crippen LogP contribution in [0.1, 0.15) is 46.2 Å². The zero-order valence-electron chi connectivity index (χ0n) is 22.4. The van der Waals surface area contributed by atoms with Crippen LogP contribution in [0, 0.1) is 32.1 Å². The van der Waals surface area contributed by atoms with Crippen molar-refractivity contribution in [3.05, 3.63) is 137 Å². The van der Waals surface area contributed by atoms with Crippen molar-refractivity contribution in [3.8, 4) is 28.3 Å². The van der Waals surface area contributed by atoms with Gasteiger partial charge < -0.3 is 0 Å². The fraction of sp³-hybridized carbons (Fsp3) is 0.139. The van der Waals surface area contributed by atoms with E-state index in [0.29, 0.717) is 5.56 Å². The third-order valence-corrected chi connectivity index (χ3v) is 7.86. The molecule has 1 atom stereocenters. The number of fused-ring (bicyclic) bond motifs is 1. The van der Waals surface area contributed by atoms with E-state index in [1.807, 2.05) is 24.3 Å². The number of hydrogen-bond donors (Lipinski definition) is 0. The molecule has 6 rings (SSSR count). The fourth-order valence-electron chi connectivity index (χ4n) is 5.36. The number of nitriles is 1. The van der Waals surface area contributed by atoms with Crippen molar-refractivity contribution in [2.24, 2.45) is 0 Å². The average molecular weight is 504 g/mol. The standard InChI is InChI=1S/C36H29N3/c1-23-24(2)38-36(39-25(23)3)31-18-16-30(17-19-31)33-21-20-32(34-6-4-5-7-35(33)34)29-14-12-28(13-15-29)27-10-8-26(22-37)9-11-27/h4-18,20-21,31H,19H2,1-3H3. The fourth-order valence-corrected chi connectivity index (χ4v) is 5.36. The van der Waals surface area contributed by atoms with Gasteiger partial charge in [0.25, 0.3) is 0 Å². The van der Waals surface area contributed by atoms with Gasteiger partial charge >= 0.3 is 0 Å². The smallest absolute Gasteiger partial charge is 0.136 e. The molecule has 5 aromatic rings. The van der Waals surface area contributed by atoms with Gasteiger partial charge in [-0.25, -0.2) is 9.97 Å². The summed E-state index contributed by atoms with van der Waals surface area (Å²) in [6.07, 6.45) is 7.70. The first-order valence-electron chi connectivity index (χ1n) is 13.3. The number of benzene rings is 4. The largest absolute Gasteiger partial charge is 0.237 e. The van der Waals surface area contributed by atoms with Crippen molar-refractivity contribution < 1.29 is 0 Å². The Morgan fingerprint density at radius 1 is 0.692 bits per heavy atom. The van der Waals surface area contributed by atoms with Gasteiger partial charge in [-0.15, -0.1) is 0 Å². The maximum absolute atomic E-state index is 9.07. The Hall–Kier alpha value is -4.81. The SMILES string of the molecule is Cc1nc(C2C=CC(c3ccc(-c4ccc(-c5ccc(C#N)cc5)cc4)c4ccccc34)=CC2)nc(C)c1C. The van der Waals surface area contributed by atoms with E-state index in [-0.39, 0.29) is 5.92 Å². The highest BCUT2D eigenvalue weighted by atomic mass is 14.9. The first kappa shape index (κ1) is 24.5. The van der Waals surface area contributed by atoms with Crippen molar-refractivity contribution in [3.63, 3.8) is 0 Å². The second kappa shape index (κ2) is 10.2. The molecule has 0 spiro atoms. The Morgan fingerprint density at radius 3 is 1.85 bits per heavy atom. The molecule has 0 fully saturated rings. The monoisotopic (exact) mass is 503 g/mol. The minimum atomic E-state index is 0.201. The van der Waals surface area contributed by atoms with Crippen LogP contribution in [0.25, 0.3) is 38.6 Å². The lowest BCUT2D eigenvalue weighted by atomic mass is 9.87. The molecule has 1 aromatic heterocycles. The number of rotatable bonds is 4. The van der Waals surface area contributed by atoms with Crippen LogP contribution in [0.3, 0.4) is 0 Å². The highest BCUT2D eigenvalue weighted by Gasteiger charge is 2.18. The lowest BCUT2D eigenvalue weighted by Crippen LogP contribution is -2.08. The molecule has 1 aliphatic rings. The molecule has 0 aliphatic heterocycles. The van der Waals surface area contributed by atoms with Gasteiger partial charge in [-0.1, -0.05) is 91.0 Å². The molecule has 0 saturated heterocycles. The summed E-state index contributed by atoms with van der Waals surface area (Å²) in [4.78, 5) is 9.56. The second-order valence-electron chi connectivity index (χ2n) is 10.2. The predicted octanol–water partition coefficient (Wildman–Crippen LogP) is 8.89. The Bertz CT molecular complexity index is 1780. The lowest BCUT2D eigenvalue weighted by Gasteiger charge is -2.19. The van der Waals surface area contributed by atoms with E-state index in [4.69, 9.17) is 15.2 Å². The Balaban J connectivity index is 1.30. The van der Waals surface area contributed by atoms with Crippen LogP contribution in [0.4, 0.5) is 0 Å². The summed E-state index contributed by atoms with van der Waals surface area (Å²) in [5, 5.41) is 11.6. The van der Waals surface area contributed by atoms with Gasteiger partial charge in [-0.2, -0.15) is 5.26 Å². The molecular formula is C36H29N3. The van der Waals surface area contributed by atoms with Crippen molar-refractivity contribution >= 4 is 16.3 Å². The van der Waals surface area contributed by atoms with Crippen LogP contribution in [0.5, 0.6) is 0 Å². The number of nitrogens with zero attached hydrogens (tertiary/aromatic N) is 3. The van der Waals surface area contributed by atoms with Gasteiger partial charge in [-0.3, -0.25) is 0 Å². The molecule has 39 heavy (non-hydrogen) atoms. The van der Waals surface area contributed by atoms with Crippen molar-refractivity contribution in [2.75, 3.05) is 0 Å². The highest BCUT2D eigenvalue weighted by Crippen LogP contribution is 2.37. The minimum absolute atomic E-state index is 0.201. The molecule has 0 bridgehead atoms. The van der Waals surface area contributed by atoms with Crippen molar-refractivity contribution in [1.29, 1.82) is 5.26 Å². The topological polar surface area (TPSA) is 49.6 Å². The summed E-state index contributed by atoms with van der Waals surface area (Å²) in [7, 11) is 0. The van der Waals surface area contributed by atoms with Gasteiger partial charge in [0.05, 0.1) is 11.6 Å². The quantitative estimate of drug-likeness (QED) is 0.246. The van der Waals surface area contributed by atoms with Crippen LogP contribution >= 0.6 is 0 Å². The van der Waals surface area contributed by atoms with Crippen LogP contribution < -0.4 is 0 Å². The average Bonchev–Trinajstić information content (AvgIpc) is 2.99. The van der Waals surface area contributed by atoms with Crippen LogP contribution in [0.2, 0.25) is 0 Å². The lowest BCUT2D eigenvalue weighted by molar-refractivity contribution is 0.754. The van der Waals surface area contributed by atoms with Crippen molar-refractivity contribution in [1.82, 2.24) is 9.97 Å². The van der Waals surface area contributed by atoms with Gasteiger partial charge in [0.2, 0.25) is 0 Å². The molecule has 4 aromatic carbocycles. The molecule has 0 N–H and O–H groups in total. The number of aryl methyl sites for hydroxylation is 2. The van der Waals surface area contributed by atoms with E-state index in [2.05, 4.69) is 106 Å². The summed E-state index contributed by atoms with van der Waals surface area (Å²) >= 11 is 0. The molecular weight excluding hydrogens is 474 g/mol. The highest BCUT2D eigenvalue weighted by molar-refractivity contribution is 6.04. The van der Waals surface area contributed by atoms with Gasteiger partial charge in [0, 0.05) is 17.3 Å². The van der Waals surface area contributed by atoms with Crippen molar-refractivity contribution in [2.45, 2.75) is 33.1 Å². The van der Waals surface area contributed by atoms with Gasteiger partial charge in [0.15, 0.2) is 0 Å². The molecule has 3 nitrogen and oxygen atoms in total.